The molecule has 0 spiro atoms. The van der Waals surface area contributed by atoms with E-state index in [1.807, 2.05) is 16.7 Å². The van der Waals surface area contributed by atoms with Crippen molar-refractivity contribution in [3.63, 3.8) is 0 Å². The quantitative estimate of drug-likeness (QED) is 0.741. The molecular formula is C18H18FN5O2S. The van der Waals surface area contributed by atoms with Crippen LogP contribution in [0.1, 0.15) is 18.7 Å². The molecule has 2 aromatic heterocycles. The smallest absolute Gasteiger partial charge is 0.243 e. The largest absolute Gasteiger partial charge is 0.311 e. The summed E-state index contributed by atoms with van der Waals surface area (Å²) in [6.45, 7) is 0.566. The van der Waals surface area contributed by atoms with Crippen LogP contribution in [0.15, 0.2) is 53.7 Å². The van der Waals surface area contributed by atoms with Crippen molar-refractivity contribution in [2.24, 2.45) is 0 Å². The molecule has 3 heterocycles. The molecule has 1 aromatic carbocycles. The van der Waals surface area contributed by atoms with E-state index in [4.69, 9.17) is 0 Å². The van der Waals surface area contributed by atoms with Gasteiger partial charge in [0.1, 0.15) is 16.5 Å². The summed E-state index contributed by atoms with van der Waals surface area (Å²) in [5.41, 5.74) is 0.863. The van der Waals surface area contributed by atoms with Gasteiger partial charge < -0.3 is 4.57 Å². The SMILES string of the molecule is O=S(=O)(NC1CCc2nnc(-c3cccnc3)n2CC1)c1ccccc1F. The van der Waals surface area contributed by atoms with Crippen molar-refractivity contribution in [3.05, 3.63) is 60.4 Å². The zero-order valence-corrected chi connectivity index (χ0v) is 15.2. The van der Waals surface area contributed by atoms with Crippen molar-refractivity contribution in [2.75, 3.05) is 0 Å². The van der Waals surface area contributed by atoms with E-state index < -0.39 is 15.8 Å². The maximum Gasteiger partial charge on any atom is 0.243 e. The summed E-state index contributed by atoms with van der Waals surface area (Å²) in [4.78, 5) is 3.78. The predicted octanol–water partition coefficient (Wildman–Crippen LogP) is 2.16. The number of aromatic nitrogens is 4. The highest BCUT2D eigenvalue weighted by atomic mass is 32.2. The van der Waals surface area contributed by atoms with E-state index in [1.54, 1.807) is 12.4 Å². The molecule has 0 saturated carbocycles. The number of fused-ring (bicyclic) bond motifs is 1. The van der Waals surface area contributed by atoms with Gasteiger partial charge in [0.15, 0.2) is 5.82 Å². The first-order valence-electron chi connectivity index (χ1n) is 8.64. The van der Waals surface area contributed by atoms with Crippen LogP contribution in [0.5, 0.6) is 0 Å². The van der Waals surface area contributed by atoms with Gasteiger partial charge in [-0.15, -0.1) is 10.2 Å². The van der Waals surface area contributed by atoms with E-state index >= 15 is 0 Å². The van der Waals surface area contributed by atoms with Gasteiger partial charge in [-0.1, -0.05) is 12.1 Å². The van der Waals surface area contributed by atoms with Crippen LogP contribution in [0.2, 0.25) is 0 Å². The summed E-state index contributed by atoms with van der Waals surface area (Å²) >= 11 is 0. The van der Waals surface area contributed by atoms with Gasteiger partial charge >= 0.3 is 0 Å². The van der Waals surface area contributed by atoms with Crippen LogP contribution in [0.4, 0.5) is 4.39 Å². The van der Waals surface area contributed by atoms with E-state index in [0.717, 1.165) is 23.3 Å². The lowest BCUT2D eigenvalue weighted by Gasteiger charge is -2.16. The van der Waals surface area contributed by atoms with Crippen molar-refractivity contribution in [1.82, 2.24) is 24.5 Å². The molecular weight excluding hydrogens is 369 g/mol. The maximum atomic E-state index is 13.9. The molecule has 3 aromatic rings. The van der Waals surface area contributed by atoms with E-state index in [2.05, 4.69) is 19.9 Å². The van der Waals surface area contributed by atoms with Crippen LogP contribution < -0.4 is 4.72 Å². The second-order valence-electron chi connectivity index (χ2n) is 6.41. The van der Waals surface area contributed by atoms with Crippen molar-refractivity contribution < 1.29 is 12.8 Å². The Labute approximate surface area is 156 Å². The standard InChI is InChI=1S/C18H18FN5O2S/c19-15-5-1-2-6-16(15)27(25,26)23-14-7-8-17-21-22-18(24(17)11-9-14)13-4-3-10-20-12-13/h1-6,10,12,14,23H,7-9,11H2. The van der Waals surface area contributed by atoms with E-state index in [-0.39, 0.29) is 10.9 Å². The van der Waals surface area contributed by atoms with Crippen LogP contribution in [0, 0.1) is 5.82 Å². The molecule has 0 saturated heterocycles. The van der Waals surface area contributed by atoms with Gasteiger partial charge in [-0.25, -0.2) is 17.5 Å². The van der Waals surface area contributed by atoms with Crippen LogP contribution in [0.3, 0.4) is 0 Å². The number of hydrogen-bond donors (Lipinski definition) is 1. The summed E-state index contributed by atoms with van der Waals surface area (Å²) in [7, 11) is -3.92. The summed E-state index contributed by atoms with van der Waals surface area (Å²) in [5.74, 6) is 0.770. The molecule has 0 aliphatic carbocycles. The summed E-state index contributed by atoms with van der Waals surface area (Å²) in [6, 6.07) is 8.82. The lowest BCUT2D eigenvalue weighted by Crippen LogP contribution is -2.35. The highest BCUT2D eigenvalue weighted by molar-refractivity contribution is 7.89. The van der Waals surface area contributed by atoms with Crippen molar-refractivity contribution in [1.29, 1.82) is 0 Å². The Morgan fingerprint density at radius 2 is 1.96 bits per heavy atom. The Bertz CT molecular complexity index is 1050. The van der Waals surface area contributed by atoms with Crippen LogP contribution in [-0.4, -0.2) is 34.2 Å². The number of rotatable bonds is 4. The third kappa shape index (κ3) is 3.60. The number of pyridine rings is 1. The molecule has 0 amide bonds. The third-order valence-electron chi connectivity index (χ3n) is 4.61. The Hall–Kier alpha value is -2.65. The summed E-state index contributed by atoms with van der Waals surface area (Å²) in [5, 5.41) is 8.50. The molecule has 140 valence electrons. The average Bonchev–Trinajstić information content (AvgIpc) is 2.98. The normalized spacial score (nSPS) is 17.3. The number of aryl methyl sites for hydroxylation is 1. The van der Waals surface area contributed by atoms with Crippen LogP contribution in [-0.2, 0) is 23.0 Å². The molecule has 27 heavy (non-hydrogen) atoms. The van der Waals surface area contributed by atoms with E-state index in [9.17, 15) is 12.8 Å². The van der Waals surface area contributed by atoms with Gasteiger partial charge in [0.25, 0.3) is 0 Å². The Morgan fingerprint density at radius 1 is 1.11 bits per heavy atom. The molecule has 0 fully saturated rings. The molecule has 4 rings (SSSR count). The van der Waals surface area contributed by atoms with Gasteiger partial charge in [0.2, 0.25) is 10.0 Å². The van der Waals surface area contributed by atoms with Gasteiger partial charge in [-0.2, -0.15) is 0 Å². The zero-order chi connectivity index (χ0) is 18.9. The molecule has 1 N–H and O–H groups in total. The lowest BCUT2D eigenvalue weighted by atomic mass is 10.1. The minimum Gasteiger partial charge on any atom is -0.311 e. The Balaban J connectivity index is 1.53. The number of nitrogens with zero attached hydrogens (tertiary/aromatic N) is 4. The first-order valence-corrected chi connectivity index (χ1v) is 10.1. The molecule has 1 aliphatic heterocycles. The second-order valence-corrected chi connectivity index (χ2v) is 8.09. The van der Waals surface area contributed by atoms with Crippen molar-refractivity contribution in [2.45, 2.75) is 36.7 Å². The first kappa shape index (κ1) is 17.7. The third-order valence-corrected chi connectivity index (χ3v) is 6.17. The minimum absolute atomic E-state index is 0.307. The fourth-order valence-electron chi connectivity index (χ4n) is 3.26. The number of benzene rings is 1. The van der Waals surface area contributed by atoms with Crippen molar-refractivity contribution >= 4 is 10.0 Å². The summed E-state index contributed by atoms with van der Waals surface area (Å²) < 4.78 is 43.6. The highest BCUT2D eigenvalue weighted by Crippen LogP contribution is 2.23. The molecule has 1 aliphatic rings. The molecule has 9 heteroatoms. The fraction of sp³-hybridized carbons (Fsp3) is 0.278. The number of sulfonamides is 1. The van der Waals surface area contributed by atoms with Crippen molar-refractivity contribution in [3.8, 4) is 11.4 Å². The van der Waals surface area contributed by atoms with Gasteiger partial charge in [-0.3, -0.25) is 4.98 Å². The molecule has 7 nitrogen and oxygen atoms in total. The van der Waals surface area contributed by atoms with Crippen LogP contribution >= 0.6 is 0 Å². The monoisotopic (exact) mass is 387 g/mol. The van der Waals surface area contributed by atoms with Gasteiger partial charge in [-0.05, 0) is 37.1 Å². The van der Waals surface area contributed by atoms with Gasteiger partial charge in [0, 0.05) is 37.0 Å². The molecule has 1 unspecified atom stereocenters. The van der Waals surface area contributed by atoms with Gasteiger partial charge in [0.05, 0.1) is 0 Å². The summed E-state index contributed by atoms with van der Waals surface area (Å²) in [6.07, 6.45) is 5.12. The Kier molecular flexibility index (Phi) is 4.71. The molecule has 0 bridgehead atoms. The Morgan fingerprint density at radius 3 is 2.74 bits per heavy atom. The zero-order valence-electron chi connectivity index (χ0n) is 14.4. The lowest BCUT2D eigenvalue weighted by molar-refractivity contribution is 0.492. The highest BCUT2D eigenvalue weighted by Gasteiger charge is 2.26. The van der Waals surface area contributed by atoms with E-state index in [1.165, 1.54) is 18.2 Å². The topological polar surface area (TPSA) is 89.8 Å². The average molecular weight is 387 g/mol. The number of nitrogens with one attached hydrogen (secondary N) is 1. The predicted molar refractivity (Wildman–Crippen MR) is 96.7 cm³/mol. The van der Waals surface area contributed by atoms with Crippen LogP contribution in [0.25, 0.3) is 11.4 Å². The number of halogens is 1. The second kappa shape index (κ2) is 7.16. The van der Waals surface area contributed by atoms with E-state index in [0.29, 0.717) is 25.8 Å². The number of hydrogen-bond acceptors (Lipinski definition) is 5. The first-order chi connectivity index (χ1) is 13.0. The maximum absolute atomic E-state index is 13.9. The molecule has 0 radical (unpaired) electrons. The minimum atomic E-state index is -3.92. The molecule has 1 atom stereocenters. The fourth-order valence-corrected chi connectivity index (χ4v) is 4.64.